The minimum Gasteiger partial charge on any atom is -0.383 e. The summed E-state index contributed by atoms with van der Waals surface area (Å²) < 4.78 is 27.4. The van der Waals surface area contributed by atoms with E-state index in [0.29, 0.717) is 6.54 Å². The molecule has 0 heterocycles. The van der Waals surface area contributed by atoms with Crippen LogP contribution >= 0.6 is 0 Å². The van der Waals surface area contributed by atoms with E-state index >= 15 is 0 Å². The number of halogens is 2. The fourth-order valence-corrected chi connectivity index (χ4v) is 2.01. The second-order valence-corrected chi connectivity index (χ2v) is 5.65. The first kappa shape index (κ1) is 17.4. The van der Waals surface area contributed by atoms with Crippen molar-refractivity contribution in [2.75, 3.05) is 33.0 Å². The highest BCUT2D eigenvalue weighted by molar-refractivity contribution is 5.94. The Kier molecular flexibility index (Phi) is 6.08. The summed E-state index contributed by atoms with van der Waals surface area (Å²) in [6.45, 7) is 4.63. The molecule has 1 atom stereocenters. The molecule has 2 N–H and O–H groups in total. The summed E-state index contributed by atoms with van der Waals surface area (Å²) in [7, 11) is 5.23. The molecule has 1 aromatic rings. The number of likely N-dealkylation sites (N-methyl/N-ethyl adjacent to an activating group) is 1. The zero-order valence-corrected chi connectivity index (χ0v) is 13.1. The normalized spacial score (nSPS) is 12.6. The lowest BCUT2D eigenvalue weighted by Crippen LogP contribution is -2.45. The summed E-state index contributed by atoms with van der Waals surface area (Å²) in [5.74, 6) is -1.83. The van der Waals surface area contributed by atoms with Crippen molar-refractivity contribution in [3.63, 3.8) is 0 Å². The molecule has 118 valence electrons. The number of amides is 1. The number of nitrogens with one attached hydrogen (secondary N) is 2. The Bertz CT molecular complexity index is 481. The maximum absolute atomic E-state index is 13.7. The third kappa shape index (κ3) is 4.67. The van der Waals surface area contributed by atoms with Crippen molar-refractivity contribution in [1.29, 1.82) is 0 Å². The van der Waals surface area contributed by atoms with Crippen LogP contribution in [0, 0.1) is 17.6 Å². The maximum atomic E-state index is 13.7. The van der Waals surface area contributed by atoms with E-state index in [1.165, 1.54) is 7.05 Å². The van der Waals surface area contributed by atoms with Gasteiger partial charge in [-0.3, -0.25) is 4.79 Å². The largest absolute Gasteiger partial charge is 0.383 e. The summed E-state index contributed by atoms with van der Waals surface area (Å²) in [6, 6.07) is 1.98. The van der Waals surface area contributed by atoms with E-state index in [1.54, 1.807) is 0 Å². The molecular formula is C15H23F2N3O. The summed E-state index contributed by atoms with van der Waals surface area (Å²) >= 11 is 0. The van der Waals surface area contributed by atoms with Crippen LogP contribution in [0.3, 0.4) is 0 Å². The van der Waals surface area contributed by atoms with Gasteiger partial charge in [0.1, 0.15) is 17.3 Å². The van der Waals surface area contributed by atoms with Crippen LogP contribution in [-0.2, 0) is 0 Å². The molecule has 6 heteroatoms. The standard InChI is InChI=1S/C15H23F2N3O/c1-9(2)13(8-20(4)5)19-15(21)10-6-11(16)14(18-3)12(17)7-10/h6-7,9,13,18H,8H2,1-5H3,(H,19,21). The van der Waals surface area contributed by atoms with Crippen molar-refractivity contribution in [1.82, 2.24) is 10.2 Å². The topological polar surface area (TPSA) is 44.4 Å². The zero-order chi connectivity index (χ0) is 16.2. The second kappa shape index (κ2) is 7.36. The Labute approximate surface area is 124 Å². The van der Waals surface area contributed by atoms with Gasteiger partial charge >= 0.3 is 0 Å². The zero-order valence-electron chi connectivity index (χ0n) is 13.1. The SMILES string of the molecule is CNc1c(F)cc(C(=O)NC(CN(C)C)C(C)C)cc1F. The lowest BCUT2D eigenvalue weighted by Gasteiger charge is -2.25. The highest BCUT2D eigenvalue weighted by Crippen LogP contribution is 2.20. The highest BCUT2D eigenvalue weighted by atomic mass is 19.1. The van der Waals surface area contributed by atoms with Crippen molar-refractivity contribution in [2.24, 2.45) is 5.92 Å². The van der Waals surface area contributed by atoms with E-state index in [-0.39, 0.29) is 23.2 Å². The van der Waals surface area contributed by atoms with E-state index in [0.717, 1.165) is 12.1 Å². The van der Waals surface area contributed by atoms with Crippen molar-refractivity contribution in [3.05, 3.63) is 29.3 Å². The van der Waals surface area contributed by atoms with Gasteiger partial charge in [-0.05, 0) is 32.1 Å². The molecule has 0 bridgehead atoms. The third-order valence-electron chi connectivity index (χ3n) is 3.24. The van der Waals surface area contributed by atoms with Crippen LogP contribution < -0.4 is 10.6 Å². The molecule has 0 saturated heterocycles. The number of rotatable bonds is 6. The van der Waals surface area contributed by atoms with Gasteiger partial charge < -0.3 is 15.5 Å². The van der Waals surface area contributed by atoms with Crippen LogP contribution in [0.15, 0.2) is 12.1 Å². The number of hydrogen-bond donors (Lipinski definition) is 2. The second-order valence-electron chi connectivity index (χ2n) is 5.65. The predicted molar refractivity (Wildman–Crippen MR) is 80.6 cm³/mol. The van der Waals surface area contributed by atoms with Gasteiger partial charge in [-0.2, -0.15) is 0 Å². The molecule has 0 aliphatic carbocycles. The lowest BCUT2D eigenvalue weighted by atomic mass is 10.0. The van der Waals surface area contributed by atoms with Crippen LogP contribution in [0.5, 0.6) is 0 Å². The predicted octanol–water partition coefficient (Wildman–Crippen LogP) is 2.32. The summed E-state index contributed by atoms with van der Waals surface area (Å²) in [4.78, 5) is 14.1. The van der Waals surface area contributed by atoms with Crippen LogP contribution in [0.25, 0.3) is 0 Å². The molecule has 0 radical (unpaired) electrons. The van der Waals surface area contributed by atoms with Gasteiger partial charge in [-0.1, -0.05) is 13.8 Å². The number of hydrogen-bond acceptors (Lipinski definition) is 3. The monoisotopic (exact) mass is 299 g/mol. The molecule has 0 fully saturated rings. The van der Waals surface area contributed by atoms with Crippen LogP contribution in [0.2, 0.25) is 0 Å². The van der Waals surface area contributed by atoms with Crippen LogP contribution in [0.4, 0.5) is 14.5 Å². The average molecular weight is 299 g/mol. The van der Waals surface area contributed by atoms with E-state index < -0.39 is 17.5 Å². The Morgan fingerprint density at radius 1 is 1.24 bits per heavy atom. The summed E-state index contributed by atoms with van der Waals surface area (Å²) in [5.41, 5.74) is -0.256. The molecule has 0 aliphatic rings. The number of anilines is 1. The van der Waals surface area contributed by atoms with Crippen LogP contribution in [0.1, 0.15) is 24.2 Å². The maximum Gasteiger partial charge on any atom is 0.251 e. The number of benzene rings is 1. The quantitative estimate of drug-likeness (QED) is 0.847. The van der Waals surface area contributed by atoms with Gasteiger partial charge in [0.2, 0.25) is 0 Å². The highest BCUT2D eigenvalue weighted by Gasteiger charge is 2.20. The fraction of sp³-hybridized carbons (Fsp3) is 0.533. The molecule has 0 aromatic heterocycles. The van der Waals surface area contributed by atoms with Gasteiger partial charge in [0.25, 0.3) is 5.91 Å². The van der Waals surface area contributed by atoms with Crippen molar-refractivity contribution in [2.45, 2.75) is 19.9 Å². The Hall–Kier alpha value is -1.69. The van der Waals surface area contributed by atoms with Crippen molar-refractivity contribution < 1.29 is 13.6 Å². The van der Waals surface area contributed by atoms with Crippen molar-refractivity contribution >= 4 is 11.6 Å². The molecule has 1 amide bonds. The third-order valence-corrected chi connectivity index (χ3v) is 3.24. The Morgan fingerprint density at radius 2 is 1.76 bits per heavy atom. The molecule has 0 aliphatic heterocycles. The molecule has 4 nitrogen and oxygen atoms in total. The van der Waals surface area contributed by atoms with Gasteiger partial charge in [-0.25, -0.2) is 8.78 Å². The first-order valence-corrected chi connectivity index (χ1v) is 6.88. The summed E-state index contributed by atoms with van der Waals surface area (Å²) in [6.07, 6.45) is 0. The molecule has 0 saturated carbocycles. The van der Waals surface area contributed by atoms with Crippen molar-refractivity contribution in [3.8, 4) is 0 Å². The lowest BCUT2D eigenvalue weighted by molar-refractivity contribution is 0.0915. The Morgan fingerprint density at radius 3 is 2.14 bits per heavy atom. The molecule has 1 rings (SSSR count). The fourth-order valence-electron chi connectivity index (χ4n) is 2.01. The number of carbonyl (C=O) groups excluding carboxylic acids is 1. The van der Waals surface area contributed by atoms with E-state index in [9.17, 15) is 13.6 Å². The van der Waals surface area contributed by atoms with Gasteiger partial charge in [-0.15, -0.1) is 0 Å². The van der Waals surface area contributed by atoms with Gasteiger partial charge in [0.15, 0.2) is 0 Å². The minimum atomic E-state index is -0.781. The molecule has 1 unspecified atom stereocenters. The molecular weight excluding hydrogens is 276 g/mol. The van der Waals surface area contributed by atoms with E-state index in [4.69, 9.17) is 0 Å². The molecule has 21 heavy (non-hydrogen) atoms. The molecule has 0 spiro atoms. The van der Waals surface area contributed by atoms with E-state index in [2.05, 4.69) is 10.6 Å². The van der Waals surface area contributed by atoms with E-state index in [1.807, 2.05) is 32.8 Å². The number of nitrogens with zero attached hydrogens (tertiary/aromatic N) is 1. The first-order valence-electron chi connectivity index (χ1n) is 6.88. The average Bonchev–Trinajstić information content (AvgIpc) is 2.36. The van der Waals surface area contributed by atoms with Crippen LogP contribution in [-0.4, -0.2) is 44.5 Å². The van der Waals surface area contributed by atoms with Gasteiger partial charge in [0, 0.05) is 25.2 Å². The number of carbonyl (C=O) groups is 1. The first-order chi connectivity index (χ1) is 9.76. The summed E-state index contributed by atoms with van der Waals surface area (Å²) in [5, 5.41) is 5.25. The van der Waals surface area contributed by atoms with Gasteiger partial charge in [0.05, 0.1) is 0 Å². The smallest absolute Gasteiger partial charge is 0.251 e. The Balaban J connectivity index is 2.93. The minimum absolute atomic E-state index is 0.0200. The molecule has 1 aromatic carbocycles.